The minimum Gasteiger partial charge on any atom is -0.497 e. The first-order valence-corrected chi connectivity index (χ1v) is 8.74. The van der Waals surface area contributed by atoms with Gasteiger partial charge in [0.15, 0.2) is 5.11 Å². The zero-order valence-electron chi connectivity index (χ0n) is 15.6. The Morgan fingerprint density at radius 3 is 2.56 bits per heavy atom. The monoisotopic (exact) mass is 357 g/mol. The molecule has 0 aliphatic heterocycles. The summed E-state index contributed by atoms with van der Waals surface area (Å²) in [7, 11) is 5.81. The van der Waals surface area contributed by atoms with Crippen molar-refractivity contribution in [1.29, 1.82) is 0 Å². The lowest BCUT2D eigenvalue weighted by Gasteiger charge is -2.26. The number of hydrogen-bond donors (Lipinski definition) is 2. The molecule has 0 fully saturated rings. The summed E-state index contributed by atoms with van der Waals surface area (Å²) in [5.41, 5.74) is 4.69. The van der Waals surface area contributed by atoms with Crippen LogP contribution < -0.4 is 15.4 Å². The van der Waals surface area contributed by atoms with Crippen LogP contribution in [0.4, 0.5) is 5.69 Å². The summed E-state index contributed by atoms with van der Waals surface area (Å²) >= 11 is 5.48. The number of nitrogens with zero attached hydrogens (tertiary/aromatic N) is 1. The van der Waals surface area contributed by atoms with Crippen molar-refractivity contribution < 1.29 is 4.74 Å². The van der Waals surface area contributed by atoms with Gasteiger partial charge in [-0.1, -0.05) is 24.3 Å². The highest BCUT2D eigenvalue weighted by Crippen LogP contribution is 2.22. The number of nitrogens with one attached hydrogen (secondary N) is 2. The van der Waals surface area contributed by atoms with Crippen LogP contribution in [0.15, 0.2) is 42.5 Å². The van der Waals surface area contributed by atoms with Gasteiger partial charge in [-0.2, -0.15) is 0 Å². The number of anilines is 1. The number of thiocarbonyl (C=S) groups is 1. The van der Waals surface area contributed by atoms with E-state index in [9.17, 15) is 0 Å². The van der Waals surface area contributed by atoms with Crippen LogP contribution in [0.3, 0.4) is 0 Å². The van der Waals surface area contributed by atoms with Crippen molar-refractivity contribution in [1.82, 2.24) is 10.2 Å². The molecular weight excluding hydrogens is 330 g/mol. The fourth-order valence-corrected chi connectivity index (χ4v) is 2.88. The fourth-order valence-electron chi connectivity index (χ4n) is 2.69. The Balaban J connectivity index is 2.03. The highest BCUT2D eigenvalue weighted by atomic mass is 32.1. The first-order chi connectivity index (χ1) is 11.9. The molecule has 0 spiro atoms. The molecule has 2 aromatic rings. The Bertz CT molecular complexity index is 731. The van der Waals surface area contributed by atoms with E-state index in [0.717, 1.165) is 11.4 Å². The molecule has 2 aromatic carbocycles. The van der Waals surface area contributed by atoms with Gasteiger partial charge in [-0.05, 0) is 75.1 Å². The third-order valence-electron chi connectivity index (χ3n) is 4.41. The maximum absolute atomic E-state index is 5.48. The predicted molar refractivity (Wildman–Crippen MR) is 110 cm³/mol. The number of aryl methyl sites for hydroxylation is 1. The largest absolute Gasteiger partial charge is 0.497 e. The van der Waals surface area contributed by atoms with Crippen molar-refractivity contribution in [3.05, 3.63) is 59.2 Å². The molecule has 2 rings (SSSR count). The van der Waals surface area contributed by atoms with E-state index >= 15 is 0 Å². The average Bonchev–Trinajstić information content (AvgIpc) is 2.59. The quantitative estimate of drug-likeness (QED) is 0.767. The molecule has 0 radical (unpaired) electrons. The zero-order valence-corrected chi connectivity index (χ0v) is 16.4. The molecule has 0 amide bonds. The van der Waals surface area contributed by atoms with Gasteiger partial charge < -0.3 is 20.3 Å². The van der Waals surface area contributed by atoms with Crippen LogP contribution in [0.5, 0.6) is 5.75 Å². The third-order valence-corrected chi connectivity index (χ3v) is 4.66. The number of benzene rings is 2. The molecule has 134 valence electrons. The first kappa shape index (κ1) is 19.2. The molecule has 0 saturated heterocycles. The summed E-state index contributed by atoms with van der Waals surface area (Å²) in [6, 6.07) is 14.5. The molecule has 4 nitrogen and oxygen atoms in total. The summed E-state index contributed by atoms with van der Waals surface area (Å²) in [6.45, 7) is 4.90. The number of rotatable bonds is 6. The third kappa shape index (κ3) is 5.18. The van der Waals surface area contributed by atoms with Crippen LogP contribution in [-0.2, 0) is 0 Å². The second kappa shape index (κ2) is 8.83. The van der Waals surface area contributed by atoms with E-state index in [4.69, 9.17) is 17.0 Å². The molecule has 1 atom stereocenters. The molecule has 2 N–H and O–H groups in total. The zero-order chi connectivity index (χ0) is 18.4. The van der Waals surface area contributed by atoms with Crippen molar-refractivity contribution in [2.75, 3.05) is 33.1 Å². The Morgan fingerprint density at radius 2 is 1.88 bits per heavy atom. The van der Waals surface area contributed by atoms with Crippen molar-refractivity contribution in [2.24, 2.45) is 0 Å². The Kier molecular flexibility index (Phi) is 6.79. The van der Waals surface area contributed by atoms with E-state index in [1.54, 1.807) is 7.11 Å². The average molecular weight is 358 g/mol. The molecule has 25 heavy (non-hydrogen) atoms. The number of methoxy groups -OCH3 is 1. The maximum Gasteiger partial charge on any atom is 0.170 e. The standard InChI is InChI=1S/C20H27N3OS/c1-14-8-6-11-18(15(14)2)22-20(25)21-13-19(23(3)4)16-9-7-10-17(12-16)24-5/h6-12,19H,13H2,1-5H3,(H2,21,22,25)/t19-/m1/s1. The number of ether oxygens (including phenoxy) is 1. The van der Waals surface area contributed by atoms with Crippen LogP contribution in [-0.4, -0.2) is 37.8 Å². The van der Waals surface area contributed by atoms with Crippen LogP contribution in [0.1, 0.15) is 22.7 Å². The minimum atomic E-state index is 0.188. The SMILES string of the molecule is COc1cccc([C@@H](CNC(=S)Nc2cccc(C)c2C)N(C)C)c1. The van der Waals surface area contributed by atoms with Gasteiger partial charge in [-0.15, -0.1) is 0 Å². The van der Waals surface area contributed by atoms with E-state index in [1.807, 2.05) is 24.3 Å². The second-order valence-electron chi connectivity index (χ2n) is 6.34. The number of hydrogen-bond acceptors (Lipinski definition) is 3. The van der Waals surface area contributed by atoms with Crippen LogP contribution in [0, 0.1) is 13.8 Å². The van der Waals surface area contributed by atoms with Gasteiger partial charge in [0, 0.05) is 12.2 Å². The molecular formula is C20H27N3OS. The molecule has 5 heteroatoms. The molecule has 0 aromatic heterocycles. The lowest BCUT2D eigenvalue weighted by Crippen LogP contribution is -2.36. The lowest BCUT2D eigenvalue weighted by atomic mass is 10.1. The molecule has 0 aliphatic carbocycles. The van der Waals surface area contributed by atoms with Crippen molar-refractivity contribution in [2.45, 2.75) is 19.9 Å². The van der Waals surface area contributed by atoms with E-state index in [0.29, 0.717) is 11.7 Å². The van der Waals surface area contributed by atoms with Gasteiger partial charge in [0.05, 0.1) is 13.2 Å². The van der Waals surface area contributed by atoms with Gasteiger partial charge in [-0.25, -0.2) is 0 Å². The summed E-state index contributed by atoms with van der Waals surface area (Å²) < 4.78 is 5.34. The number of likely N-dealkylation sites (N-methyl/N-ethyl adjacent to an activating group) is 1. The second-order valence-corrected chi connectivity index (χ2v) is 6.75. The summed E-state index contributed by atoms with van der Waals surface area (Å²) in [4.78, 5) is 2.17. The molecule has 0 saturated carbocycles. The van der Waals surface area contributed by atoms with Gasteiger partial charge in [0.25, 0.3) is 0 Å². The highest BCUT2D eigenvalue weighted by molar-refractivity contribution is 7.80. The Hall–Kier alpha value is -2.11. The Morgan fingerprint density at radius 1 is 1.16 bits per heavy atom. The fraction of sp³-hybridized carbons (Fsp3) is 0.350. The topological polar surface area (TPSA) is 36.5 Å². The van der Waals surface area contributed by atoms with Crippen molar-refractivity contribution in [3.63, 3.8) is 0 Å². The smallest absolute Gasteiger partial charge is 0.170 e. The van der Waals surface area contributed by atoms with Crippen molar-refractivity contribution >= 4 is 23.0 Å². The molecule has 0 bridgehead atoms. The van der Waals surface area contributed by atoms with Gasteiger partial charge in [0.2, 0.25) is 0 Å². The van der Waals surface area contributed by atoms with E-state index in [1.165, 1.54) is 16.7 Å². The van der Waals surface area contributed by atoms with Crippen LogP contribution in [0.2, 0.25) is 0 Å². The van der Waals surface area contributed by atoms with E-state index < -0.39 is 0 Å². The highest BCUT2D eigenvalue weighted by Gasteiger charge is 2.15. The normalized spacial score (nSPS) is 11.9. The lowest BCUT2D eigenvalue weighted by molar-refractivity contribution is 0.298. The maximum atomic E-state index is 5.48. The Labute approximate surface area is 156 Å². The summed E-state index contributed by atoms with van der Waals surface area (Å²) in [5, 5.41) is 7.26. The molecule has 0 aliphatic rings. The van der Waals surface area contributed by atoms with Crippen LogP contribution in [0.25, 0.3) is 0 Å². The summed E-state index contributed by atoms with van der Waals surface area (Å²) in [5.74, 6) is 0.862. The molecule has 0 heterocycles. The predicted octanol–water partition coefficient (Wildman–Crippen LogP) is 3.90. The van der Waals surface area contributed by atoms with Crippen molar-refractivity contribution in [3.8, 4) is 5.75 Å². The van der Waals surface area contributed by atoms with Gasteiger partial charge in [0.1, 0.15) is 5.75 Å². The van der Waals surface area contributed by atoms with E-state index in [-0.39, 0.29) is 6.04 Å². The first-order valence-electron chi connectivity index (χ1n) is 8.33. The van der Waals surface area contributed by atoms with Gasteiger partial charge in [-0.3, -0.25) is 0 Å². The van der Waals surface area contributed by atoms with Gasteiger partial charge >= 0.3 is 0 Å². The van der Waals surface area contributed by atoms with E-state index in [2.05, 4.69) is 61.7 Å². The summed E-state index contributed by atoms with van der Waals surface area (Å²) in [6.07, 6.45) is 0. The van der Waals surface area contributed by atoms with Crippen LogP contribution >= 0.6 is 12.2 Å². The minimum absolute atomic E-state index is 0.188. The molecule has 0 unspecified atom stereocenters.